The maximum atomic E-state index is 14.5. The predicted molar refractivity (Wildman–Crippen MR) is 120 cm³/mol. The number of hydrogen-bond donors (Lipinski definition) is 3. The number of H-pyrrole nitrogens is 1. The molecule has 11 heteroatoms. The van der Waals surface area contributed by atoms with Crippen molar-refractivity contribution in [2.24, 2.45) is 7.05 Å². The summed E-state index contributed by atoms with van der Waals surface area (Å²) in [4.78, 5) is 23.5. The highest BCUT2D eigenvalue weighted by atomic mass is 19.1. The Morgan fingerprint density at radius 2 is 1.97 bits per heavy atom. The monoisotopic (exact) mass is 469 g/mol. The summed E-state index contributed by atoms with van der Waals surface area (Å²) in [5.74, 6) is -2.16. The summed E-state index contributed by atoms with van der Waals surface area (Å²) in [6.07, 6.45) is 8.68. The van der Waals surface area contributed by atoms with Crippen LogP contribution in [-0.4, -0.2) is 42.7 Å². The molecule has 0 unspecified atom stereocenters. The van der Waals surface area contributed by atoms with Crippen LogP contribution < -0.4 is 10.6 Å². The van der Waals surface area contributed by atoms with E-state index < -0.39 is 17.5 Å². The quantitative estimate of drug-likeness (QED) is 0.411. The number of anilines is 1. The number of hydrogen-bond acceptors (Lipinski definition) is 5. The van der Waals surface area contributed by atoms with Gasteiger partial charge in [-0.15, -0.1) is 0 Å². The first-order valence-electron chi connectivity index (χ1n) is 10.9. The van der Waals surface area contributed by atoms with E-state index in [1.54, 1.807) is 17.9 Å². The predicted octanol–water partition coefficient (Wildman–Crippen LogP) is 3.93. The van der Waals surface area contributed by atoms with Crippen molar-refractivity contribution in [3.63, 3.8) is 0 Å². The summed E-state index contributed by atoms with van der Waals surface area (Å²) in [5.41, 5.74) is 0.968. The number of aromatic amines is 1. The van der Waals surface area contributed by atoms with Crippen molar-refractivity contribution < 1.29 is 18.0 Å². The fourth-order valence-corrected chi connectivity index (χ4v) is 4.39. The van der Waals surface area contributed by atoms with Crippen LogP contribution in [0.3, 0.4) is 0 Å². The summed E-state index contributed by atoms with van der Waals surface area (Å²) in [6, 6.07) is 1.76. The average Bonchev–Trinajstić information content (AvgIpc) is 3.42. The van der Waals surface area contributed by atoms with Gasteiger partial charge in [0.05, 0.1) is 23.5 Å². The summed E-state index contributed by atoms with van der Waals surface area (Å²) in [6.45, 7) is 0. The molecule has 0 spiro atoms. The number of carbonyl (C=O) groups excluding carboxylic acids is 1. The van der Waals surface area contributed by atoms with E-state index in [0.29, 0.717) is 17.5 Å². The Balaban J connectivity index is 1.33. The van der Waals surface area contributed by atoms with Gasteiger partial charge in [-0.1, -0.05) is 0 Å². The second-order valence-corrected chi connectivity index (χ2v) is 8.48. The van der Waals surface area contributed by atoms with Crippen LogP contribution in [0.25, 0.3) is 22.3 Å². The van der Waals surface area contributed by atoms with Crippen LogP contribution in [-0.2, 0) is 7.05 Å². The molecule has 1 saturated carbocycles. The number of rotatable bonds is 5. The van der Waals surface area contributed by atoms with Crippen molar-refractivity contribution in [3.8, 4) is 11.4 Å². The van der Waals surface area contributed by atoms with Gasteiger partial charge in [0.15, 0.2) is 17.5 Å². The summed E-state index contributed by atoms with van der Waals surface area (Å²) >= 11 is 0. The summed E-state index contributed by atoms with van der Waals surface area (Å²) in [7, 11) is 1.74. The number of benzene rings is 1. The molecule has 1 fully saturated rings. The van der Waals surface area contributed by atoms with E-state index in [1.165, 1.54) is 18.5 Å². The van der Waals surface area contributed by atoms with Gasteiger partial charge in [-0.3, -0.25) is 9.48 Å². The standard InChI is InChI=1S/C23H22F3N7O/c1-33-11-12(8-29-33)23(34)31-15-4-2-3-14(7-15)30-22-19(26)10-28-21(32-22)17-9-27-20-16(17)5-13(24)6-18(20)25/h5-6,8-11,14-15,27H,2-4,7H2,1H3,(H,31,34)(H,28,30,32)/t14-,15+/m0/s1. The molecular weight excluding hydrogens is 447 g/mol. The van der Waals surface area contributed by atoms with E-state index in [0.717, 1.165) is 31.5 Å². The maximum Gasteiger partial charge on any atom is 0.254 e. The first-order valence-corrected chi connectivity index (χ1v) is 10.9. The van der Waals surface area contributed by atoms with E-state index >= 15 is 0 Å². The molecule has 176 valence electrons. The van der Waals surface area contributed by atoms with Crippen molar-refractivity contribution in [2.75, 3.05) is 5.32 Å². The van der Waals surface area contributed by atoms with Crippen molar-refractivity contribution in [2.45, 2.75) is 37.8 Å². The molecule has 0 aliphatic heterocycles. The lowest BCUT2D eigenvalue weighted by Crippen LogP contribution is -2.42. The van der Waals surface area contributed by atoms with E-state index in [1.807, 2.05) is 0 Å². The fourth-order valence-electron chi connectivity index (χ4n) is 4.39. The maximum absolute atomic E-state index is 14.5. The highest BCUT2D eigenvalue weighted by Gasteiger charge is 2.25. The molecule has 34 heavy (non-hydrogen) atoms. The number of aryl methyl sites for hydroxylation is 1. The van der Waals surface area contributed by atoms with E-state index in [-0.39, 0.29) is 40.5 Å². The fraction of sp³-hybridized carbons (Fsp3) is 0.304. The van der Waals surface area contributed by atoms with Gasteiger partial charge < -0.3 is 15.6 Å². The minimum absolute atomic E-state index is 0.000427. The van der Waals surface area contributed by atoms with Crippen LogP contribution >= 0.6 is 0 Å². The van der Waals surface area contributed by atoms with Crippen LogP contribution in [0.5, 0.6) is 0 Å². The first kappa shape index (κ1) is 21.9. The molecule has 1 aromatic carbocycles. The highest BCUT2D eigenvalue weighted by Crippen LogP contribution is 2.30. The molecule has 0 radical (unpaired) electrons. The number of amides is 1. The number of nitrogens with one attached hydrogen (secondary N) is 3. The van der Waals surface area contributed by atoms with Gasteiger partial charge >= 0.3 is 0 Å². The smallest absolute Gasteiger partial charge is 0.254 e. The van der Waals surface area contributed by atoms with Gasteiger partial charge in [0.25, 0.3) is 5.91 Å². The topological polar surface area (TPSA) is 101 Å². The Kier molecular flexibility index (Phi) is 5.68. The molecule has 0 bridgehead atoms. The molecule has 4 aromatic rings. The molecule has 2 atom stereocenters. The lowest BCUT2D eigenvalue weighted by molar-refractivity contribution is 0.0926. The first-order chi connectivity index (χ1) is 16.4. The molecule has 3 N–H and O–H groups in total. The van der Waals surface area contributed by atoms with Gasteiger partial charge in [-0.05, 0) is 31.7 Å². The molecule has 3 aromatic heterocycles. The van der Waals surface area contributed by atoms with Crippen molar-refractivity contribution in [1.82, 2.24) is 30.0 Å². The molecule has 3 heterocycles. The van der Waals surface area contributed by atoms with Crippen LogP contribution in [0, 0.1) is 17.5 Å². The number of nitrogens with zero attached hydrogens (tertiary/aromatic N) is 4. The molecule has 1 aliphatic carbocycles. The van der Waals surface area contributed by atoms with Gasteiger partial charge in [0.1, 0.15) is 11.6 Å². The van der Waals surface area contributed by atoms with Gasteiger partial charge in [-0.25, -0.2) is 23.1 Å². The van der Waals surface area contributed by atoms with Crippen molar-refractivity contribution >= 4 is 22.6 Å². The molecule has 5 rings (SSSR count). The Bertz CT molecular complexity index is 1370. The summed E-state index contributed by atoms with van der Waals surface area (Å²) < 4.78 is 43.9. The Labute approximate surface area is 192 Å². The second kappa shape index (κ2) is 8.81. The SMILES string of the molecule is Cn1cc(C(=O)N[C@@H]2CCC[C@H](Nc3nc(-c4c[nH]c5c(F)cc(F)cc45)ncc3F)C2)cn1. The lowest BCUT2D eigenvalue weighted by atomic mass is 9.90. The van der Waals surface area contributed by atoms with Crippen LogP contribution in [0.4, 0.5) is 19.0 Å². The molecule has 8 nitrogen and oxygen atoms in total. The third kappa shape index (κ3) is 4.33. The number of halogens is 3. The van der Waals surface area contributed by atoms with Gasteiger partial charge in [0, 0.05) is 48.5 Å². The number of fused-ring (bicyclic) bond motifs is 1. The Morgan fingerprint density at radius 1 is 1.15 bits per heavy atom. The van der Waals surface area contributed by atoms with Crippen LogP contribution in [0.2, 0.25) is 0 Å². The zero-order valence-electron chi connectivity index (χ0n) is 18.3. The minimum atomic E-state index is -0.733. The molecule has 0 saturated heterocycles. The average molecular weight is 469 g/mol. The van der Waals surface area contributed by atoms with E-state index in [4.69, 9.17) is 0 Å². The van der Waals surface area contributed by atoms with Gasteiger partial charge in [-0.2, -0.15) is 5.10 Å². The number of aromatic nitrogens is 5. The normalized spacial score (nSPS) is 18.2. The van der Waals surface area contributed by atoms with Crippen molar-refractivity contribution in [3.05, 3.63) is 59.9 Å². The van der Waals surface area contributed by atoms with Gasteiger partial charge in [0.2, 0.25) is 0 Å². The highest BCUT2D eigenvalue weighted by molar-refractivity contribution is 5.94. The largest absolute Gasteiger partial charge is 0.365 e. The third-order valence-corrected chi connectivity index (χ3v) is 6.01. The van der Waals surface area contributed by atoms with E-state index in [2.05, 4.69) is 30.7 Å². The Morgan fingerprint density at radius 3 is 2.76 bits per heavy atom. The van der Waals surface area contributed by atoms with Crippen LogP contribution in [0.15, 0.2) is 36.9 Å². The number of carbonyl (C=O) groups is 1. The van der Waals surface area contributed by atoms with E-state index in [9.17, 15) is 18.0 Å². The zero-order valence-corrected chi connectivity index (χ0v) is 18.3. The van der Waals surface area contributed by atoms with Crippen molar-refractivity contribution in [1.29, 1.82) is 0 Å². The second-order valence-electron chi connectivity index (χ2n) is 8.48. The molecular formula is C23H22F3N7O. The molecule has 1 amide bonds. The zero-order chi connectivity index (χ0) is 23.8. The minimum Gasteiger partial charge on any atom is -0.365 e. The third-order valence-electron chi connectivity index (χ3n) is 6.01. The lowest BCUT2D eigenvalue weighted by Gasteiger charge is -2.30. The summed E-state index contributed by atoms with van der Waals surface area (Å²) in [5, 5.41) is 10.4. The Hall–Kier alpha value is -3.89. The molecule has 1 aliphatic rings. The van der Waals surface area contributed by atoms with Crippen LogP contribution in [0.1, 0.15) is 36.0 Å².